The number of hydrogen-bond acceptors (Lipinski definition) is 3. The molecule has 2 heterocycles. The number of pyridine rings is 1. The second-order valence-corrected chi connectivity index (χ2v) is 4.44. The molecule has 0 aliphatic carbocycles. The first kappa shape index (κ1) is 12.8. The second kappa shape index (κ2) is 5.85. The molecule has 0 N–H and O–H groups in total. The Balaban J connectivity index is 1.93. The van der Waals surface area contributed by atoms with E-state index < -0.39 is 0 Å². The first-order valence-corrected chi connectivity index (χ1v) is 6.50. The van der Waals surface area contributed by atoms with Gasteiger partial charge in [-0.15, -0.1) is 0 Å². The molecule has 0 saturated heterocycles. The molecule has 3 aromatic rings. The maximum absolute atomic E-state index is 9.28. The Morgan fingerprint density at radius 2 is 1.90 bits per heavy atom. The minimum absolute atomic E-state index is 0.517. The van der Waals surface area contributed by atoms with Crippen molar-refractivity contribution in [2.24, 2.45) is 0 Å². The van der Waals surface area contributed by atoms with E-state index in [1.54, 1.807) is 23.2 Å². The third-order valence-corrected chi connectivity index (χ3v) is 3.00. The van der Waals surface area contributed by atoms with Crippen LogP contribution < -0.4 is 0 Å². The van der Waals surface area contributed by atoms with Crippen LogP contribution in [0.5, 0.6) is 0 Å². The van der Waals surface area contributed by atoms with Crippen LogP contribution in [0.25, 0.3) is 17.3 Å². The number of nitriles is 1. The molecular formula is C17H12N4. The summed E-state index contributed by atoms with van der Waals surface area (Å²) < 4.78 is 1.78. The van der Waals surface area contributed by atoms with Crippen LogP contribution in [0.1, 0.15) is 11.3 Å². The maximum atomic E-state index is 9.28. The Labute approximate surface area is 122 Å². The summed E-state index contributed by atoms with van der Waals surface area (Å²) >= 11 is 0. The highest BCUT2D eigenvalue weighted by atomic mass is 15.3. The van der Waals surface area contributed by atoms with E-state index in [-0.39, 0.29) is 0 Å². The van der Waals surface area contributed by atoms with Gasteiger partial charge in [0, 0.05) is 18.0 Å². The van der Waals surface area contributed by atoms with Gasteiger partial charge < -0.3 is 0 Å². The van der Waals surface area contributed by atoms with Gasteiger partial charge >= 0.3 is 0 Å². The van der Waals surface area contributed by atoms with Crippen molar-refractivity contribution < 1.29 is 0 Å². The van der Waals surface area contributed by atoms with E-state index >= 15 is 0 Å². The number of aromatic nitrogens is 3. The largest absolute Gasteiger partial charge is 0.256 e. The zero-order chi connectivity index (χ0) is 14.5. The standard InChI is InChI=1S/C17H12N4/c18-11-15(17-8-4-5-9-19-17)10-14-12-20-21(13-14)16-6-2-1-3-7-16/h1-10,12-13H/b15-10+. The molecule has 0 aliphatic rings. The molecule has 4 heteroatoms. The van der Waals surface area contributed by atoms with Crippen LogP contribution in [-0.2, 0) is 0 Å². The average molecular weight is 272 g/mol. The highest BCUT2D eigenvalue weighted by Crippen LogP contribution is 2.16. The van der Waals surface area contributed by atoms with Crippen molar-refractivity contribution in [3.63, 3.8) is 0 Å². The van der Waals surface area contributed by atoms with Crippen molar-refractivity contribution in [3.8, 4) is 11.8 Å². The molecule has 0 unspecified atom stereocenters. The smallest absolute Gasteiger partial charge is 0.101 e. The van der Waals surface area contributed by atoms with Gasteiger partial charge in [-0.3, -0.25) is 4.98 Å². The lowest BCUT2D eigenvalue weighted by Crippen LogP contribution is -1.92. The summed E-state index contributed by atoms with van der Waals surface area (Å²) in [6.07, 6.45) is 7.07. The Kier molecular flexibility index (Phi) is 3.57. The van der Waals surface area contributed by atoms with E-state index in [0.29, 0.717) is 11.3 Å². The average Bonchev–Trinajstić information content (AvgIpc) is 3.03. The lowest BCUT2D eigenvalue weighted by Gasteiger charge is -1.98. The zero-order valence-corrected chi connectivity index (χ0v) is 11.2. The van der Waals surface area contributed by atoms with Crippen molar-refractivity contribution in [3.05, 3.63) is 78.4 Å². The summed E-state index contributed by atoms with van der Waals surface area (Å²) in [7, 11) is 0. The summed E-state index contributed by atoms with van der Waals surface area (Å²) in [6, 6.07) is 17.5. The Morgan fingerprint density at radius 1 is 1.10 bits per heavy atom. The molecule has 0 bridgehead atoms. The monoisotopic (exact) mass is 272 g/mol. The Bertz CT molecular complexity index is 796. The molecule has 0 fully saturated rings. The fourth-order valence-electron chi connectivity index (χ4n) is 1.99. The lowest BCUT2D eigenvalue weighted by molar-refractivity contribution is 0.880. The molecular weight excluding hydrogens is 260 g/mol. The van der Waals surface area contributed by atoms with Crippen LogP contribution in [0.2, 0.25) is 0 Å². The summed E-state index contributed by atoms with van der Waals surface area (Å²) in [6.45, 7) is 0. The predicted octanol–water partition coefficient (Wildman–Crippen LogP) is 3.33. The second-order valence-electron chi connectivity index (χ2n) is 4.44. The first-order valence-electron chi connectivity index (χ1n) is 6.50. The summed E-state index contributed by atoms with van der Waals surface area (Å²) in [5, 5.41) is 13.6. The van der Waals surface area contributed by atoms with Gasteiger partial charge in [-0.25, -0.2) is 4.68 Å². The fourth-order valence-corrected chi connectivity index (χ4v) is 1.99. The van der Waals surface area contributed by atoms with Gasteiger partial charge in [-0.05, 0) is 30.3 Å². The van der Waals surface area contributed by atoms with Gasteiger partial charge in [-0.2, -0.15) is 10.4 Å². The molecule has 4 nitrogen and oxygen atoms in total. The summed E-state index contributed by atoms with van der Waals surface area (Å²) in [5.41, 5.74) is 3.02. The normalized spacial score (nSPS) is 11.1. The number of hydrogen-bond donors (Lipinski definition) is 0. The van der Waals surface area contributed by atoms with Gasteiger partial charge in [0.1, 0.15) is 6.07 Å². The third-order valence-electron chi connectivity index (χ3n) is 3.00. The van der Waals surface area contributed by atoms with Gasteiger partial charge in [0.15, 0.2) is 0 Å². The molecule has 1 aromatic carbocycles. The SMILES string of the molecule is N#C/C(=C\c1cnn(-c2ccccc2)c1)c1ccccn1. The number of para-hydroxylation sites is 1. The highest BCUT2D eigenvalue weighted by Gasteiger charge is 2.04. The molecule has 0 spiro atoms. The molecule has 0 radical (unpaired) electrons. The van der Waals surface area contributed by atoms with Crippen LogP contribution in [0.4, 0.5) is 0 Å². The fraction of sp³-hybridized carbons (Fsp3) is 0. The molecule has 100 valence electrons. The van der Waals surface area contributed by atoms with Crippen molar-refractivity contribution in [2.75, 3.05) is 0 Å². The van der Waals surface area contributed by atoms with Crippen LogP contribution in [0, 0.1) is 11.3 Å². The van der Waals surface area contributed by atoms with Crippen molar-refractivity contribution in [1.29, 1.82) is 5.26 Å². The van der Waals surface area contributed by atoms with E-state index in [4.69, 9.17) is 0 Å². The van der Waals surface area contributed by atoms with E-state index in [2.05, 4.69) is 16.2 Å². The van der Waals surface area contributed by atoms with E-state index in [1.165, 1.54) is 0 Å². The van der Waals surface area contributed by atoms with Crippen LogP contribution in [0.15, 0.2) is 67.1 Å². The maximum Gasteiger partial charge on any atom is 0.101 e. The van der Waals surface area contributed by atoms with Gasteiger partial charge in [-0.1, -0.05) is 24.3 Å². The predicted molar refractivity (Wildman–Crippen MR) is 81.3 cm³/mol. The summed E-state index contributed by atoms with van der Waals surface area (Å²) in [5.74, 6) is 0. The van der Waals surface area contributed by atoms with E-state index in [1.807, 2.05) is 54.7 Å². The van der Waals surface area contributed by atoms with E-state index in [0.717, 1.165) is 11.3 Å². The molecule has 0 atom stereocenters. The van der Waals surface area contributed by atoms with Crippen LogP contribution in [0.3, 0.4) is 0 Å². The van der Waals surface area contributed by atoms with E-state index in [9.17, 15) is 5.26 Å². The summed E-state index contributed by atoms with van der Waals surface area (Å²) in [4.78, 5) is 4.19. The third kappa shape index (κ3) is 2.88. The molecule has 3 rings (SSSR count). The molecule has 21 heavy (non-hydrogen) atoms. The zero-order valence-electron chi connectivity index (χ0n) is 11.2. The lowest BCUT2D eigenvalue weighted by atomic mass is 10.1. The molecule has 0 saturated carbocycles. The van der Waals surface area contributed by atoms with Crippen molar-refractivity contribution >= 4 is 11.6 Å². The quantitative estimate of drug-likeness (QED) is 0.687. The van der Waals surface area contributed by atoms with Gasteiger partial charge in [0.2, 0.25) is 0 Å². The molecule has 0 aliphatic heterocycles. The number of nitrogens with zero attached hydrogens (tertiary/aromatic N) is 4. The van der Waals surface area contributed by atoms with Crippen molar-refractivity contribution in [2.45, 2.75) is 0 Å². The van der Waals surface area contributed by atoms with Crippen molar-refractivity contribution in [1.82, 2.24) is 14.8 Å². The van der Waals surface area contributed by atoms with Gasteiger partial charge in [0.25, 0.3) is 0 Å². The Morgan fingerprint density at radius 3 is 2.62 bits per heavy atom. The minimum Gasteiger partial charge on any atom is -0.256 e. The van der Waals surface area contributed by atoms with Crippen LogP contribution >= 0.6 is 0 Å². The highest BCUT2D eigenvalue weighted by molar-refractivity contribution is 5.87. The first-order chi connectivity index (χ1) is 10.4. The minimum atomic E-state index is 0.517. The molecule has 0 amide bonds. The van der Waals surface area contributed by atoms with Gasteiger partial charge in [0.05, 0.1) is 23.2 Å². The number of benzene rings is 1. The number of allylic oxidation sites excluding steroid dienone is 1. The van der Waals surface area contributed by atoms with Crippen LogP contribution in [-0.4, -0.2) is 14.8 Å². The number of rotatable bonds is 3. The Hall–Kier alpha value is -3.19. The topological polar surface area (TPSA) is 54.5 Å². The molecule has 2 aromatic heterocycles.